The molecule has 36 heavy (non-hydrogen) atoms. The first-order valence-corrected chi connectivity index (χ1v) is 13.8. The highest BCUT2D eigenvalue weighted by atomic mass is 32.2. The normalized spacial score (nSPS) is 20.6. The molecule has 6 nitrogen and oxygen atoms in total. The fourth-order valence-corrected chi connectivity index (χ4v) is 5.98. The number of rotatable bonds is 7. The molecule has 0 spiro atoms. The molecule has 8 heteroatoms. The summed E-state index contributed by atoms with van der Waals surface area (Å²) >= 11 is 0. The van der Waals surface area contributed by atoms with Gasteiger partial charge in [0.05, 0.1) is 6.61 Å². The van der Waals surface area contributed by atoms with Crippen molar-refractivity contribution in [3.8, 4) is 17.6 Å². The van der Waals surface area contributed by atoms with Crippen LogP contribution in [0.15, 0.2) is 47.4 Å². The molecule has 0 bridgehead atoms. The largest absolute Gasteiger partial charge is 0.487 e. The van der Waals surface area contributed by atoms with E-state index in [-0.39, 0.29) is 41.6 Å². The maximum absolute atomic E-state index is 13.6. The Kier molecular flexibility index (Phi) is 9.53. The zero-order valence-electron chi connectivity index (χ0n) is 21.7. The molecule has 0 aromatic heterocycles. The quantitative estimate of drug-likeness (QED) is 0.561. The van der Waals surface area contributed by atoms with Gasteiger partial charge in [-0.3, -0.25) is 4.90 Å². The van der Waals surface area contributed by atoms with Crippen LogP contribution in [0.3, 0.4) is 0 Å². The van der Waals surface area contributed by atoms with E-state index in [1.807, 2.05) is 14.0 Å². The van der Waals surface area contributed by atoms with Crippen molar-refractivity contribution < 1.29 is 22.7 Å². The minimum absolute atomic E-state index is 0.0790. The van der Waals surface area contributed by atoms with E-state index >= 15 is 0 Å². The fraction of sp³-hybridized carbons (Fsp3) is 0.500. The molecular weight excluding hydrogens is 479 g/mol. The van der Waals surface area contributed by atoms with Crippen molar-refractivity contribution in [2.24, 2.45) is 11.8 Å². The van der Waals surface area contributed by atoms with Gasteiger partial charge in [-0.1, -0.05) is 44.7 Å². The summed E-state index contributed by atoms with van der Waals surface area (Å²) in [4.78, 5) is 2.16. The molecule has 3 atom stereocenters. The maximum Gasteiger partial charge on any atom is 0.247 e. The Balaban J connectivity index is 1.95. The van der Waals surface area contributed by atoms with Crippen molar-refractivity contribution in [3.63, 3.8) is 0 Å². The average Bonchev–Trinajstić information content (AvgIpc) is 2.82. The number of hydrogen-bond donors (Lipinski definition) is 1. The second-order valence-electron chi connectivity index (χ2n) is 10.1. The highest BCUT2D eigenvalue weighted by Crippen LogP contribution is 2.34. The molecule has 2 aromatic rings. The molecule has 0 fully saturated rings. The van der Waals surface area contributed by atoms with E-state index in [0.29, 0.717) is 24.6 Å². The summed E-state index contributed by atoms with van der Waals surface area (Å²) < 4.78 is 48.3. The first-order valence-electron chi connectivity index (χ1n) is 12.4. The van der Waals surface area contributed by atoms with Crippen LogP contribution >= 0.6 is 0 Å². The van der Waals surface area contributed by atoms with Gasteiger partial charge in [-0.2, -0.15) is 4.31 Å². The molecule has 0 aliphatic carbocycles. The van der Waals surface area contributed by atoms with E-state index in [9.17, 15) is 17.9 Å². The molecule has 1 aliphatic heterocycles. The number of fused-ring (bicyclic) bond motifs is 1. The second-order valence-corrected chi connectivity index (χ2v) is 12.0. The molecule has 0 saturated carbocycles. The molecule has 0 saturated heterocycles. The highest BCUT2D eigenvalue weighted by Gasteiger charge is 2.38. The fourth-order valence-electron chi connectivity index (χ4n) is 4.15. The van der Waals surface area contributed by atoms with Gasteiger partial charge in [0.25, 0.3) is 0 Å². The number of aliphatic hydroxyl groups is 1. The topological polar surface area (TPSA) is 70.1 Å². The molecule has 0 amide bonds. The molecule has 0 radical (unpaired) electrons. The zero-order valence-corrected chi connectivity index (χ0v) is 22.6. The third-order valence-electron chi connectivity index (χ3n) is 6.27. The van der Waals surface area contributed by atoms with Gasteiger partial charge in [-0.05, 0) is 55.8 Å². The first kappa shape index (κ1) is 28.1. The van der Waals surface area contributed by atoms with Crippen LogP contribution in [0, 0.1) is 29.5 Å². The van der Waals surface area contributed by atoms with E-state index in [1.54, 1.807) is 37.3 Å². The predicted molar refractivity (Wildman–Crippen MR) is 140 cm³/mol. The van der Waals surface area contributed by atoms with E-state index in [4.69, 9.17) is 4.74 Å². The van der Waals surface area contributed by atoms with Crippen LogP contribution in [0.25, 0.3) is 0 Å². The number of halogens is 1. The number of sulfonamides is 1. The third-order valence-corrected chi connectivity index (χ3v) is 8.29. The zero-order chi connectivity index (χ0) is 26.5. The summed E-state index contributed by atoms with van der Waals surface area (Å²) in [5, 5.41) is 9.81. The predicted octanol–water partition coefficient (Wildman–Crippen LogP) is 4.12. The number of ether oxygens (including phenoxy) is 1. The van der Waals surface area contributed by atoms with Crippen LogP contribution in [0.2, 0.25) is 0 Å². The molecule has 1 aliphatic rings. The molecule has 1 N–H and O–H groups in total. The Bertz CT molecular complexity index is 1190. The Morgan fingerprint density at radius 2 is 1.89 bits per heavy atom. The van der Waals surface area contributed by atoms with Gasteiger partial charge in [0, 0.05) is 43.6 Å². The summed E-state index contributed by atoms with van der Waals surface area (Å²) in [6, 6.07) is 10.8. The molecule has 0 unspecified atom stereocenters. The van der Waals surface area contributed by atoms with Crippen molar-refractivity contribution >= 4 is 10.0 Å². The van der Waals surface area contributed by atoms with Crippen LogP contribution in [0.1, 0.15) is 45.2 Å². The first-order chi connectivity index (χ1) is 17.0. The van der Waals surface area contributed by atoms with Crippen molar-refractivity contribution in [1.82, 2.24) is 9.21 Å². The highest BCUT2D eigenvalue weighted by molar-refractivity contribution is 7.89. The van der Waals surface area contributed by atoms with Crippen LogP contribution in [0.4, 0.5) is 4.39 Å². The Morgan fingerprint density at radius 1 is 1.19 bits per heavy atom. The molecular formula is C28H37FN2O4S. The molecule has 196 valence electrons. The molecule has 3 rings (SSSR count). The van der Waals surface area contributed by atoms with Crippen LogP contribution in [0.5, 0.6) is 5.75 Å². The minimum Gasteiger partial charge on any atom is -0.487 e. The van der Waals surface area contributed by atoms with E-state index in [0.717, 1.165) is 12.0 Å². The summed E-state index contributed by atoms with van der Waals surface area (Å²) in [6.07, 6.45) is 0.420. The second kappa shape index (κ2) is 12.2. The third kappa shape index (κ3) is 7.07. The van der Waals surface area contributed by atoms with Crippen molar-refractivity contribution in [2.75, 3.05) is 26.7 Å². The van der Waals surface area contributed by atoms with Gasteiger partial charge in [-0.15, -0.1) is 0 Å². The van der Waals surface area contributed by atoms with Crippen molar-refractivity contribution in [2.45, 2.75) is 57.7 Å². The summed E-state index contributed by atoms with van der Waals surface area (Å²) in [5.41, 5.74) is 1.66. The van der Waals surface area contributed by atoms with Gasteiger partial charge >= 0.3 is 0 Å². The number of nitrogens with zero attached hydrogens (tertiary/aromatic N) is 2. The van der Waals surface area contributed by atoms with Crippen molar-refractivity contribution in [3.05, 3.63) is 59.4 Å². The Labute approximate surface area is 215 Å². The van der Waals surface area contributed by atoms with Crippen LogP contribution in [-0.4, -0.2) is 61.6 Å². The van der Waals surface area contributed by atoms with Gasteiger partial charge in [0.15, 0.2) is 0 Å². The lowest BCUT2D eigenvalue weighted by Crippen LogP contribution is -2.49. The lowest BCUT2D eigenvalue weighted by Gasteiger charge is -2.37. The van der Waals surface area contributed by atoms with Gasteiger partial charge in [0.2, 0.25) is 10.0 Å². The number of aliphatic hydroxyl groups excluding tert-OH is 1. The minimum atomic E-state index is -3.89. The molecule has 2 aromatic carbocycles. The van der Waals surface area contributed by atoms with Crippen LogP contribution in [-0.2, 0) is 16.6 Å². The summed E-state index contributed by atoms with van der Waals surface area (Å²) in [7, 11) is -1.93. The monoisotopic (exact) mass is 516 g/mol. The maximum atomic E-state index is 13.6. The SMILES string of the molecule is CC(C)CC#Cc1ccc2c(c1)O[C@@H](CN(C)Cc1ccc(F)cc1)[C@H](C)CN([C@H](C)CO)S2(=O)=O. The number of benzene rings is 2. The van der Waals surface area contributed by atoms with E-state index < -0.39 is 16.1 Å². The van der Waals surface area contributed by atoms with E-state index in [1.165, 1.54) is 16.4 Å². The van der Waals surface area contributed by atoms with Crippen LogP contribution < -0.4 is 4.74 Å². The standard InChI is InChI=1S/C28H37FN2O4S/c1-20(2)7-6-8-23-11-14-28-26(15-23)35-27(18-30(5)17-24-9-12-25(29)13-10-24)21(3)16-31(22(4)19-32)36(28,33)34/h9-15,20-22,27,32H,7,16-19H2,1-5H3/t21-,22-,27+/m1/s1. The number of likely N-dealkylation sites (N-methyl/N-ethyl adjacent to an activating group) is 1. The molecule has 1 heterocycles. The number of hydrogen-bond acceptors (Lipinski definition) is 5. The summed E-state index contributed by atoms with van der Waals surface area (Å²) in [5.74, 6) is 6.54. The smallest absolute Gasteiger partial charge is 0.247 e. The Hall–Kier alpha value is -2.44. The lowest BCUT2D eigenvalue weighted by atomic mass is 10.0. The Morgan fingerprint density at radius 3 is 2.53 bits per heavy atom. The van der Waals surface area contributed by atoms with Gasteiger partial charge in [0.1, 0.15) is 22.6 Å². The van der Waals surface area contributed by atoms with Gasteiger partial charge in [-0.25, -0.2) is 12.8 Å². The van der Waals surface area contributed by atoms with E-state index in [2.05, 4.69) is 30.6 Å². The van der Waals surface area contributed by atoms with Gasteiger partial charge < -0.3 is 9.84 Å². The van der Waals surface area contributed by atoms with Crippen molar-refractivity contribution in [1.29, 1.82) is 0 Å². The summed E-state index contributed by atoms with van der Waals surface area (Å²) in [6.45, 7) is 8.91. The average molecular weight is 517 g/mol. The lowest BCUT2D eigenvalue weighted by molar-refractivity contribution is 0.0733.